The Kier molecular flexibility index (Phi) is 4.70. The lowest BCUT2D eigenvalue weighted by Gasteiger charge is -2.30. The molecule has 2 aliphatic heterocycles. The van der Waals surface area contributed by atoms with Crippen LogP contribution in [0, 0.1) is 0 Å². The van der Waals surface area contributed by atoms with Crippen LogP contribution in [0.5, 0.6) is 0 Å². The molecule has 184 valence electrons. The summed E-state index contributed by atoms with van der Waals surface area (Å²) in [5.41, 5.74) is 3.53. The number of para-hydroxylation sites is 1. The number of amides is 2. The number of fused-ring (bicyclic) bond motifs is 3. The summed E-state index contributed by atoms with van der Waals surface area (Å²) in [5, 5.41) is 6.08. The van der Waals surface area contributed by atoms with Crippen molar-refractivity contribution in [2.75, 3.05) is 30.4 Å². The van der Waals surface area contributed by atoms with E-state index in [9.17, 15) is 9.59 Å². The Labute approximate surface area is 215 Å². The summed E-state index contributed by atoms with van der Waals surface area (Å²) in [6, 6.07) is 9.55. The predicted octanol–water partition coefficient (Wildman–Crippen LogP) is 3.02. The fraction of sp³-hybridized carbons (Fsp3) is 0.192. The van der Waals surface area contributed by atoms with E-state index in [1.54, 1.807) is 17.5 Å². The van der Waals surface area contributed by atoms with Gasteiger partial charge in [-0.05, 0) is 17.5 Å². The monoisotopic (exact) mass is 510 g/mol. The van der Waals surface area contributed by atoms with Crippen LogP contribution in [0.4, 0.5) is 11.9 Å². The van der Waals surface area contributed by atoms with E-state index >= 15 is 0 Å². The van der Waals surface area contributed by atoms with E-state index in [1.165, 1.54) is 0 Å². The second-order valence-electron chi connectivity index (χ2n) is 9.31. The zero-order chi connectivity index (χ0) is 25.3. The fourth-order valence-corrected chi connectivity index (χ4v) is 5.95. The molecular formula is C26H22N8O2S. The number of nitrogens with zero attached hydrogens (tertiary/aromatic N) is 6. The van der Waals surface area contributed by atoms with Gasteiger partial charge in [-0.3, -0.25) is 14.9 Å². The SMILES string of the molecule is CN(C)c1ncc2n1CCN(c1nc(C3=C(c4c[nH]c5sccc45)C(=O)NC3=O)c3ccccc3n1)C2. The standard InChI is InChI=1S/C26H22N8O2S/c1-32(2)26-28-11-14-13-33(8-9-34(14)26)25-29-18-6-4-3-5-16(18)21(30-25)20-19(22(35)31-23(20)36)17-12-27-24-15(17)7-10-37-24/h3-7,10-12,27H,8-9,13H2,1-2H3,(H,31,35,36). The van der Waals surface area contributed by atoms with Crippen LogP contribution in [0.15, 0.2) is 48.1 Å². The first kappa shape index (κ1) is 21.7. The molecule has 7 rings (SSSR count). The zero-order valence-corrected chi connectivity index (χ0v) is 21.0. The molecule has 11 heteroatoms. The molecule has 0 unspecified atom stereocenters. The maximum Gasteiger partial charge on any atom is 0.261 e. The van der Waals surface area contributed by atoms with E-state index in [4.69, 9.17) is 9.97 Å². The number of thiophene rings is 1. The van der Waals surface area contributed by atoms with Crippen molar-refractivity contribution in [3.05, 3.63) is 65.1 Å². The number of hydrogen-bond donors (Lipinski definition) is 2. The van der Waals surface area contributed by atoms with Gasteiger partial charge in [-0.25, -0.2) is 15.0 Å². The number of aromatic nitrogens is 5. The fourth-order valence-electron chi connectivity index (χ4n) is 5.18. The van der Waals surface area contributed by atoms with Crippen molar-refractivity contribution in [2.24, 2.45) is 0 Å². The largest absolute Gasteiger partial charge is 0.352 e. The van der Waals surface area contributed by atoms with E-state index in [2.05, 4.69) is 24.8 Å². The molecule has 4 aromatic heterocycles. The molecule has 0 saturated heterocycles. The minimum absolute atomic E-state index is 0.272. The van der Waals surface area contributed by atoms with Crippen LogP contribution in [0.1, 0.15) is 17.0 Å². The Bertz CT molecular complexity index is 1780. The van der Waals surface area contributed by atoms with Gasteiger partial charge in [0, 0.05) is 49.7 Å². The van der Waals surface area contributed by atoms with Crippen LogP contribution in [0.2, 0.25) is 0 Å². The number of hydrogen-bond acceptors (Lipinski definition) is 8. The lowest BCUT2D eigenvalue weighted by atomic mass is 9.97. The van der Waals surface area contributed by atoms with E-state index in [0.29, 0.717) is 41.4 Å². The molecule has 2 amide bonds. The lowest BCUT2D eigenvalue weighted by molar-refractivity contribution is -0.122. The van der Waals surface area contributed by atoms with Crippen molar-refractivity contribution in [2.45, 2.75) is 13.1 Å². The van der Waals surface area contributed by atoms with Gasteiger partial charge in [0.25, 0.3) is 11.8 Å². The van der Waals surface area contributed by atoms with Gasteiger partial charge < -0.3 is 19.4 Å². The summed E-state index contributed by atoms with van der Waals surface area (Å²) in [6.45, 7) is 2.01. The predicted molar refractivity (Wildman–Crippen MR) is 143 cm³/mol. The zero-order valence-electron chi connectivity index (χ0n) is 20.1. The van der Waals surface area contributed by atoms with Gasteiger partial charge in [-0.15, -0.1) is 11.3 Å². The molecule has 0 atom stereocenters. The van der Waals surface area contributed by atoms with Gasteiger partial charge >= 0.3 is 0 Å². The average molecular weight is 511 g/mol. The van der Waals surface area contributed by atoms with Crippen molar-refractivity contribution in [3.63, 3.8) is 0 Å². The van der Waals surface area contributed by atoms with E-state index in [1.807, 2.05) is 60.9 Å². The summed E-state index contributed by atoms with van der Waals surface area (Å²) < 4.78 is 2.19. The van der Waals surface area contributed by atoms with Crippen LogP contribution in [0.25, 0.3) is 32.3 Å². The number of anilines is 2. The first-order valence-electron chi connectivity index (χ1n) is 11.9. The Morgan fingerprint density at radius 2 is 1.84 bits per heavy atom. The summed E-state index contributed by atoms with van der Waals surface area (Å²) in [4.78, 5) is 48.9. The first-order chi connectivity index (χ1) is 18.0. The number of imide groups is 1. The molecule has 0 radical (unpaired) electrons. The smallest absolute Gasteiger partial charge is 0.261 e. The highest BCUT2D eigenvalue weighted by molar-refractivity contribution is 7.16. The Balaban J connectivity index is 1.41. The molecule has 1 aromatic carbocycles. The van der Waals surface area contributed by atoms with E-state index in [-0.39, 0.29) is 5.57 Å². The van der Waals surface area contributed by atoms with Crippen LogP contribution in [-0.4, -0.2) is 57.0 Å². The summed E-state index contributed by atoms with van der Waals surface area (Å²) in [6.07, 6.45) is 3.66. The number of H-pyrrole nitrogens is 1. The summed E-state index contributed by atoms with van der Waals surface area (Å²) >= 11 is 1.55. The van der Waals surface area contributed by atoms with Crippen molar-refractivity contribution < 1.29 is 9.59 Å². The number of carbonyl (C=O) groups is 2. The van der Waals surface area contributed by atoms with Gasteiger partial charge in [-0.2, -0.15) is 0 Å². The number of imidazole rings is 1. The minimum Gasteiger partial charge on any atom is -0.352 e. The molecule has 37 heavy (non-hydrogen) atoms. The highest BCUT2D eigenvalue weighted by atomic mass is 32.1. The maximum atomic E-state index is 13.2. The van der Waals surface area contributed by atoms with E-state index in [0.717, 1.165) is 33.8 Å². The molecule has 6 heterocycles. The van der Waals surface area contributed by atoms with Crippen LogP contribution >= 0.6 is 11.3 Å². The second kappa shape index (κ2) is 8.00. The molecule has 10 nitrogen and oxygen atoms in total. The van der Waals surface area contributed by atoms with Gasteiger partial charge in [0.05, 0.1) is 40.8 Å². The number of aromatic amines is 1. The molecule has 2 aliphatic rings. The summed E-state index contributed by atoms with van der Waals surface area (Å²) in [7, 11) is 3.96. The number of benzene rings is 1. The third-order valence-electron chi connectivity index (χ3n) is 6.88. The Hall–Kier alpha value is -4.51. The Morgan fingerprint density at radius 3 is 2.70 bits per heavy atom. The lowest BCUT2D eigenvalue weighted by Crippen LogP contribution is -2.35. The third-order valence-corrected chi connectivity index (χ3v) is 7.72. The topological polar surface area (TPSA) is 112 Å². The van der Waals surface area contributed by atoms with Crippen LogP contribution in [0.3, 0.4) is 0 Å². The second-order valence-corrected chi connectivity index (χ2v) is 10.2. The molecule has 2 N–H and O–H groups in total. The molecule has 0 fully saturated rings. The number of carbonyl (C=O) groups excluding carboxylic acids is 2. The van der Waals surface area contributed by atoms with Gasteiger partial charge in [0.1, 0.15) is 4.83 Å². The van der Waals surface area contributed by atoms with Gasteiger partial charge in [0.2, 0.25) is 11.9 Å². The number of nitrogens with one attached hydrogen (secondary N) is 2. The average Bonchev–Trinajstić information content (AvgIpc) is 3.66. The molecule has 0 saturated carbocycles. The van der Waals surface area contributed by atoms with Crippen LogP contribution < -0.4 is 15.1 Å². The van der Waals surface area contributed by atoms with Crippen LogP contribution in [-0.2, 0) is 22.7 Å². The van der Waals surface area contributed by atoms with Crippen molar-refractivity contribution in [3.8, 4) is 0 Å². The highest BCUT2D eigenvalue weighted by Crippen LogP contribution is 2.38. The molecule has 0 bridgehead atoms. The molecular weight excluding hydrogens is 488 g/mol. The maximum absolute atomic E-state index is 13.2. The third kappa shape index (κ3) is 3.27. The number of rotatable bonds is 4. The van der Waals surface area contributed by atoms with E-state index < -0.39 is 11.8 Å². The van der Waals surface area contributed by atoms with Crippen molar-refractivity contribution in [1.82, 2.24) is 29.8 Å². The highest BCUT2D eigenvalue weighted by Gasteiger charge is 2.36. The first-order valence-corrected chi connectivity index (χ1v) is 12.8. The van der Waals surface area contributed by atoms with Gasteiger partial charge in [-0.1, -0.05) is 18.2 Å². The molecule has 0 aliphatic carbocycles. The molecule has 0 spiro atoms. The van der Waals surface area contributed by atoms with Gasteiger partial charge in [0.15, 0.2) is 0 Å². The Morgan fingerprint density at radius 1 is 1.00 bits per heavy atom. The van der Waals surface area contributed by atoms with Crippen molar-refractivity contribution in [1.29, 1.82) is 0 Å². The van der Waals surface area contributed by atoms with Crippen molar-refractivity contribution >= 4 is 67.3 Å². The minimum atomic E-state index is -0.452. The molecule has 5 aromatic rings. The summed E-state index contributed by atoms with van der Waals surface area (Å²) in [5.74, 6) is 0.555. The quantitative estimate of drug-likeness (QED) is 0.358. The normalized spacial score (nSPS) is 15.7.